The molecule has 2 N–H and O–H groups in total. The average Bonchev–Trinajstić information content (AvgIpc) is 3.35. The monoisotopic (exact) mass is 459 g/mol. The quantitative estimate of drug-likeness (QED) is 0.595. The number of hydrogen-bond acceptors (Lipinski definition) is 3. The third-order valence-electron chi connectivity index (χ3n) is 7.76. The molecule has 6 heteroatoms. The standard InChI is InChI=1S/C28H33N3O3/c1-18-16-28(18,26(29)33)31-23-11-10-19(20-12-13-34-27(2,3)17-20)14-21(23)15-24(31)25(32)30(4)22-8-6-5-7-9-22/h5-11,14-15,18,20H,12-13,16-17H2,1-4H3,(H2,29,33)/t18-,20-,28-/m0/s1. The van der Waals surface area contributed by atoms with Crippen LogP contribution in [0.3, 0.4) is 0 Å². The zero-order valence-electron chi connectivity index (χ0n) is 20.4. The van der Waals surface area contributed by atoms with Crippen LogP contribution >= 0.6 is 0 Å². The minimum Gasteiger partial charge on any atom is -0.376 e. The highest BCUT2D eigenvalue weighted by Gasteiger charge is 2.59. The van der Waals surface area contributed by atoms with Crippen LogP contribution in [0.15, 0.2) is 54.6 Å². The lowest BCUT2D eigenvalue weighted by molar-refractivity contribution is -0.122. The maximum absolute atomic E-state index is 13.7. The van der Waals surface area contributed by atoms with Crippen molar-refractivity contribution < 1.29 is 14.3 Å². The molecule has 1 saturated carbocycles. The van der Waals surface area contributed by atoms with Gasteiger partial charge in [0.25, 0.3) is 5.91 Å². The summed E-state index contributed by atoms with van der Waals surface area (Å²) in [5.74, 6) is -0.0715. The molecule has 178 valence electrons. The number of primary amides is 1. The summed E-state index contributed by atoms with van der Waals surface area (Å²) in [6.45, 7) is 7.03. The molecule has 2 amide bonds. The lowest BCUT2D eigenvalue weighted by Gasteiger charge is -2.35. The number of aromatic nitrogens is 1. The van der Waals surface area contributed by atoms with Crippen molar-refractivity contribution in [2.45, 2.75) is 57.1 Å². The van der Waals surface area contributed by atoms with Crippen LogP contribution in [0.5, 0.6) is 0 Å². The maximum atomic E-state index is 13.7. The number of anilines is 1. The van der Waals surface area contributed by atoms with Crippen LogP contribution in [0.4, 0.5) is 5.69 Å². The molecule has 3 aromatic rings. The molecule has 0 bridgehead atoms. The predicted molar refractivity (Wildman–Crippen MR) is 134 cm³/mol. The van der Waals surface area contributed by atoms with Crippen LogP contribution < -0.4 is 10.6 Å². The Morgan fingerprint density at radius 3 is 2.41 bits per heavy atom. The number of rotatable bonds is 5. The molecular formula is C28H33N3O3. The molecule has 1 saturated heterocycles. The van der Waals surface area contributed by atoms with Crippen LogP contribution in [-0.2, 0) is 15.1 Å². The van der Waals surface area contributed by atoms with Crippen LogP contribution in [0.2, 0.25) is 0 Å². The second-order valence-electron chi connectivity index (χ2n) is 10.6. The molecule has 6 nitrogen and oxygen atoms in total. The van der Waals surface area contributed by atoms with E-state index in [2.05, 4.69) is 32.0 Å². The van der Waals surface area contributed by atoms with Crippen LogP contribution in [0.25, 0.3) is 10.9 Å². The molecule has 1 aliphatic heterocycles. The van der Waals surface area contributed by atoms with Crippen LogP contribution in [-0.4, -0.2) is 35.6 Å². The summed E-state index contributed by atoms with van der Waals surface area (Å²) >= 11 is 0. The highest BCUT2D eigenvalue weighted by molar-refractivity contribution is 6.09. The molecule has 2 aromatic carbocycles. The zero-order valence-corrected chi connectivity index (χ0v) is 20.4. The Kier molecular flexibility index (Phi) is 5.32. The van der Waals surface area contributed by atoms with Crippen molar-refractivity contribution in [2.24, 2.45) is 11.7 Å². The summed E-state index contributed by atoms with van der Waals surface area (Å²) in [6, 6.07) is 17.9. The van der Waals surface area contributed by atoms with E-state index in [0.29, 0.717) is 18.0 Å². The number of nitrogens with zero attached hydrogens (tertiary/aromatic N) is 2. The smallest absolute Gasteiger partial charge is 0.274 e. The normalized spacial score (nSPS) is 25.8. The van der Waals surface area contributed by atoms with Crippen LogP contribution in [0.1, 0.15) is 62.0 Å². The summed E-state index contributed by atoms with van der Waals surface area (Å²) in [7, 11) is 1.77. The Hall–Kier alpha value is -3.12. The summed E-state index contributed by atoms with van der Waals surface area (Å²) < 4.78 is 7.82. The van der Waals surface area contributed by atoms with Crippen molar-refractivity contribution in [3.8, 4) is 0 Å². The van der Waals surface area contributed by atoms with Gasteiger partial charge in [0.2, 0.25) is 5.91 Å². The minimum atomic E-state index is -0.869. The van der Waals surface area contributed by atoms with E-state index >= 15 is 0 Å². The molecule has 0 spiro atoms. The molecular weight excluding hydrogens is 426 g/mol. The van der Waals surface area contributed by atoms with Crippen molar-refractivity contribution in [3.05, 3.63) is 65.9 Å². The first-order chi connectivity index (χ1) is 16.1. The number of nitrogens with two attached hydrogens (primary N) is 1. The molecule has 5 rings (SSSR count). The van der Waals surface area contributed by atoms with E-state index in [9.17, 15) is 9.59 Å². The van der Waals surface area contributed by atoms with E-state index in [1.807, 2.05) is 47.9 Å². The molecule has 34 heavy (non-hydrogen) atoms. The molecule has 3 atom stereocenters. The highest BCUT2D eigenvalue weighted by Crippen LogP contribution is 2.52. The zero-order chi connectivity index (χ0) is 24.3. The SMILES string of the molecule is C[C@H]1C[C@]1(C(N)=O)n1c(C(=O)N(C)c2ccccc2)cc2cc([C@H]3CCOC(C)(C)C3)ccc21. The first-order valence-corrected chi connectivity index (χ1v) is 12.1. The van der Waals surface area contributed by atoms with Gasteiger partial charge in [-0.3, -0.25) is 9.59 Å². The Morgan fingerprint density at radius 2 is 1.79 bits per heavy atom. The van der Waals surface area contributed by atoms with Gasteiger partial charge in [0.1, 0.15) is 11.2 Å². The second-order valence-corrected chi connectivity index (χ2v) is 10.6. The summed E-state index contributed by atoms with van der Waals surface area (Å²) in [5.41, 5.74) is 8.33. The van der Waals surface area contributed by atoms with E-state index in [-0.39, 0.29) is 23.3 Å². The molecule has 2 fully saturated rings. The number of ether oxygens (including phenoxy) is 1. The second kappa shape index (κ2) is 7.98. The number of hydrogen-bond donors (Lipinski definition) is 1. The van der Waals surface area contributed by atoms with Gasteiger partial charge in [-0.05, 0) is 80.8 Å². The van der Waals surface area contributed by atoms with Gasteiger partial charge in [-0.25, -0.2) is 0 Å². The first kappa shape index (κ1) is 22.7. The third-order valence-corrected chi connectivity index (χ3v) is 7.76. The largest absolute Gasteiger partial charge is 0.376 e. The minimum absolute atomic E-state index is 0.0742. The molecule has 2 aliphatic rings. The predicted octanol–water partition coefficient (Wildman–Crippen LogP) is 4.81. The Morgan fingerprint density at radius 1 is 1.09 bits per heavy atom. The number of para-hydroxylation sites is 1. The number of fused-ring (bicyclic) bond motifs is 1. The number of carbonyl (C=O) groups excluding carboxylic acids is 2. The van der Waals surface area contributed by atoms with Crippen molar-refractivity contribution in [2.75, 3.05) is 18.6 Å². The molecule has 0 radical (unpaired) electrons. The van der Waals surface area contributed by atoms with Crippen LogP contribution in [0, 0.1) is 5.92 Å². The van der Waals surface area contributed by atoms with Gasteiger partial charge in [0, 0.05) is 30.2 Å². The average molecular weight is 460 g/mol. The Labute approximate surface area is 200 Å². The van der Waals surface area contributed by atoms with Gasteiger partial charge in [0.05, 0.1) is 5.60 Å². The molecule has 1 aliphatic carbocycles. The van der Waals surface area contributed by atoms with Crippen molar-refractivity contribution in [3.63, 3.8) is 0 Å². The van der Waals surface area contributed by atoms with Gasteiger partial charge >= 0.3 is 0 Å². The fourth-order valence-corrected chi connectivity index (χ4v) is 5.71. The fraction of sp³-hybridized carbons (Fsp3) is 0.429. The third kappa shape index (κ3) is 3.61. The lowest BCUT2D eigenvalue weighted by Crippen LogP contribution is -2.39. The van der Waals surface area contributed by atoms with Crippen molar-refractivity contribution in [1.29, 1.82) is 0 Å². The fourth-order valence-electron chi connectivity index (χ4n) is 5.71. The van der Waals surface area contributed by atoms with Gasteiger partial charge in [-0.15, -0.1) is 0 Å². The van der Waals surface area contributed by atoms with E-state index in [4.69, 9.17) is 10.5 Å². The van der Waals surface area contributed by atoms with Gasteiger partial charge in [-0.2, -0.15) is 0 Å². The summed E-state index contributed by atoms with van der Waals surface area (Å²) in [4.78, 5) is 28.1. The Bertz CT molecular complexity index is 1260. The molecule has 1 aromatic heterocycles. The molecule has 2 heterocycles. The highest BCUT2D eigenvalue weighted by atomic mass is 16.5. The van der Waals surface area contributed by atoms with Gasteiger partial charge in [-0.1, -0.05) is 31.2 Å². The van der Waals surface area contributed by atoms with E-state index in [1.165, 1.54) is 5.56 Å². The number of benzene rings is 2. The maximum Gasteiger partial charge on any atom is 0.274 e. The van der Waals surface area contributed by atoms with E-state index < -0.39 is 5.54 Å². The van der Waals surface area contributed by atoms with E-state index in [1.54, 1.807) is 11.9 Å². The van der Waals surface area contributed by atoms with E-state index in [0.717, 1.165) is 36.0 Å². The first-order valence-electron chi connectivity index (χ1n) is 12.1. The number of carbonyl (C=O) groups is 2. The van der Waals surface area contributed by atoms with Gasteiger partial charge in [0.15, 0.2) is 0 Å². The van der Waals surface area contributed by atoms with Gasteiger partial charge < -0.3 is 19.9 Å². The number of amides is 2. The van der Waals surface area contributed by atoms with Crippen molar-refractivity contribution in [1.82, 2.24) is 4.57 Å². The van der Waals surface area contributed by atoms with Crippen molar-refractivity contribution >= 4 is 28.4 Å². The summed E-state index contributed by atoms with van der Waals surface area (Å²) in [5, 5.41) is 0.964. The Balaban J connectivity index is 1.63. The topological polar surface area (TPSA) is 77.6 Å². The summed E-state index contributed by atoms with van der Waals surface area (Å²) in [6.07, 6.45) is 2.56. The lowest BCUT2D eigenvalue weighted by atomic mass is 9.83. The molecule has 0 unspecified atom stereocenters.